The fourth-order valence-electron chi connectivity index (χ4n) is 11.1. The van der Waals surface area contributed by atoms with Crippen molar-refractivity contribution in [3.05, 3.63) is 259 Å². The Bertz CT molecular complexity index is 3320. The third kappa shape index (κ3) is 4.91. The number of anilines is 3. The van der Waals surface area contributed by atoms with Crippen molar-refractivity contribution in [2.75, 3.05) is 4.90 Å². The van der Waals surface area contributed by atoms with Crippen molar-refractivity contribution in [2.24, 2.45) is 0 Å². The van der Waals surface area contributed by atoms with E-state index in [0.717, 1.165) is 17.1 Å². The summed E-state index contributed by atoms with van der Waals surface area (Å²) in [5.41, 5.74) is 26.0. The number of fused-ring (bicyclic) bond motifs is 7. The Morgan fingerprint density at radius 2 is 0.677 bits per heavy atom. The molecule has 10 aromatic rings. The van der Waals surface area contributed by atoms with Crippen LogP contribution in [0.4, 0.5) is 17.1 Å². The second-order valence-electron chi connectivity index (χ2n) is 16.7. The Hall–Kier alpha value is -8.00. The lowest BCUT2D eigenvalue weighted by Gasteiger charge is -2.35. The summed E-state index contributed by atoms with van der Waals surface area (Å²) >= 11 is 0. The van der Waals surface area contributed by atoms with Gasteiger partial charge in [0.25, 0.3) is 0 Å². The lowest BCUT2D eigenvalue weighted by molar-refractivity contribution is 0.768. The van der Waals surface area contributed by atoms with Crippen molar-refractivity contribution in [3.63, 3.8) is 0 Å². The first kappa shape index (κ1) is 34.8. The van der Waals surface area contributed by atoms with E-state index in [1.807, 2.05) is 0 Å². The molecule has 62 heavy (non-hydrogen) atoms. The predicted octanol–water partition coefficient (Wildman–Crippen LogP) is 16.1. The monoisotopic (exact) mass is 785 g/mol. The average molecular weight is 786 g/mol. The second-order valence-corrected chi connectivity index (χ2v) is 16.7. The highest BCUT2D eigenvalue weighted by atomic mass is 15.1. The molecular weight excluding hydrogens is 747 g/mol. The maximum Gasteiger partial charge on any atom is 0.0714 e. The number of benzene rings is 10. The highest BCUT2D eigenvalue weighted by Crippen LogP contribution is 2.59. The molecule has 0 saturated heterocycles. The molecule has 0 aromatic heterocycles. The molecule has 0 unspecified atom stereocenters. The van der Waals surface area contributed by atoms with Crippen LogP contribution in [0.15, 0.2) is 237 Å². The van der Waals surface area contributed by atoms with Crippen LogP contribution in [0, 0.1) is 0 Å². The van der Waals surface area contributed by atoms with Crippen LogP contribution in [0.2, 0.25) is 0 Å². The summed E-state index contributed by atoms with van der Waals surface area (Å²) in [4.78, 5) is 2.41. The van der Waals surface area contributed by atoms with Gasteiger partial charge in [0.2, 0.25) is 0 Å². The fourth-order valence-corrected chi connectivity index (χ4v) is 11.1. The van der Waals surface area contributed by atoms with Crippen molar-refractivity contribution in [2.45, 2.75) is 5.41 Å². The van der Waals surface area contributed by atoms with Crippen molar-refractivity contribution >= 4 is 17.1 Å². The SMILES string of the molecule is c1ccc(N(c2ccc(-c3ccc4c(c3)-c3c5cccc3-c3cccc-4c3-c3ccccc3-5)cc2)c2ccc3c(c2)C(c2ccccc2)(c2ccccc2)c2ccccc2-3)cc1. The normalized spacial score (nSPS) is 13.0. The quantitative estimate of drug-likeness (QED) is 0.162. The molecule has 0 saturated carbocycles. The minimum atomic E-state index is -0.481. The summed E-state index contributed by atoms with van der Waals surface area (Å²) in [5, 5.41) is 0. The molecule has 1 heteroatoms. The zero-order valence-corrected chi connectivity index (χ0v) is 34.0. The van der Waals surface area contributed by atoms with Crippen molar-refractivity contribution < 1.29 is 0 Å². The molecule has 6 bridgehead atoms. The Morgan fingerprint density at radius 3 is 1.34 bits per heavy atom. The van der Waals surface area contributed by atoms with Gasteiger partial charge < -0.3 is 4.90 Å². The molecule has 3 aliphatic rings. The van der Waals surface area contributed by atoms with E-state index in [4.69, 9.17) is 0 Å². The summed E-state index contributed by atoms with van der Waals surface area (Å²) in [6, 6.07) is 87.8. The molecule has 0 aliphatic heterocycles. The van der Waals surface area contributed by atoms with Crippen LogP contribution in [0.3, 0.4) is 0 Å². The average Bonchev–Trinajstić information content (AvgIpc) is 3.58. The van der Waals surface area contributed by atoms with E-state index in [0.29, 0.717) is 0 Å². The van der Waals surface area contributed by atoms with E-state index in [2.05, 4.69) is 241 Å². The van der Waals surface area contributed by atoms with E-state index in [1.165, 1.54) is 100 Å². The number of nitrogens with zero attached hydrogens (tertiary/aromatic N) is 1. The van der Waals surface area contributed by atoms with Gasteiger partial charge in [-0.05, 0) is 143 Å². The van der Waals surface area contributed by atoms with Crippen LogP contribution in [0.1, 0.15) is 22.3 Å². The van der Waals surface area contributed by atoms with E-state index in [-0.39, 0.29) is 0 Å². The zero-order chi connectivity index (χ0) is 40.8. The lowest BCUT2D eigenvalue weighted by Crippen LogP contribution is -2.28. The molecule has 10 aromatic carbocycles. The van der Waals surface area contributed by atoms with Crippen molar-refractivity contribution in [3.8, 4) is 77.9 Å². The Kier molecular flexibility index (Phi) is 7.59. The van der Waals surface area contributed by atoms with Gasteiger partial charge in [0.15, 0.2) is 0 Å². The fraction of sp³-hybridized carbons (Fsp3) is 0.0164. The Morgan fingerprint density at radius 1 is 0.242 bits per heavy atom. The van der Waals surface area contributed by atoms with E-state index in [9.17, 15) is 0 Å². The molecule has 0 amide bonds. The summed E-state index contributed by atoms with van der Waals surface area (Å²) in [6.45, 7) is 0. The van der Waals surface area contributed by atoms with E-state index >= 15 is 0 Å². The number of para-hydroxylation sites is 1. The van der Waals surface area contributed by atoms with Crippen LogP contribution < -0.4 is 4.90 Å². The van der Waals surface area contributed by atoms with Gasteiger partial charge >= 0.3 is 0 Å². The number of hydrogen-bond donors (Lipinski definition) is 0. The summed E-state index contributed by atoms with van der Waals surface area (Å²) in [5.74, 6) is 0. The van der Waals surface area contributed by atoms with Crippen LogP contribution in [0.25, 0.3) is 77.9 Å². The van der Waals surface area contributed by atoms with Crippen molar-refractivity contribution in [1.29, 1.82) is 0 Å². The van der Waals surface area contributed by atoms with Crippen LogP contribution in [-0.4, -0.2) is 0 Å². The summed E-state index contributed by atoms with van der Waals surface area (Å²) < 4.78 is 0. The molecule has 0 N–H and O–H groups in total. The Balaban J connectivity index is 0.957. The minimum absolute atomic E-state index is 0.481. The molecule has 0 radical (unpaired) electrons. The van der Waals surface area contributed by atoms with E-state index < -0.39 is 5.41 Å². The van der Waals surface area contributed by atoms with Crippen LogP contribution in [-0.2, 0) is 5.41 Å². The van der Waals surface area contributed by atoms with Crippen LogP contribution in [0.5, 0.6) is 0 Å². The standard InChI is InChI=1S/C61H39N/c1-4-16-42(17-5-1)61(43-18-6-2-7-19-43)57-29-13-12-23-49(57)50-37-35-46(39-58(50)61)62(44-20-8-3-9-21-44)45-33-30-40(31-34-45)41-32-36-48-53-26-15-27-54-55-28-14-25-52(60(55)56(48)38-41)47-22-10-11-24-51(47)59(53)54/h1-39H. The van der Waals surface area contributed by atoms with Gasteiger partial charge in [-0.15, -0.1) is 0 Å². The van der Waals surface area contributed by atoms with Gasteiger partial charge in [0.05, 0.1) is 5.41 Å². The Labute approximate surface area is 362 Å². The minimum Gasteiger partial charge on any atom is -0.310 e. The maximum absolute atomic E-state index is 2.45. The largest absolute Gasteiger partial charge is 0.310 e. The smallest absolute Gasteiger partial charge is 0.0714 e. The zero-order valence-electron chi connectivity index (χ0n) is 34.0. The van der Waals surface area contributed by atoms with Gasteiger partial charge in [-0.25, -0.2) is 0 Å². The van der Waals surface area contributed by atoms with Gasteiger partial charge in [0, 0.05) is 17.1 Å². The molecule has 288 valence electrons. The number of hydrogen-bond acceptors (Lipinski definition) is 1. The van der Waals surface area contributed by atoms with Crippen LogP contribution >= 0.6 is 0 Å². The first-order chi connectivity index (χ1) is 30.8. The second kappa shape index (κ2) is 13.5. The number of rotatable bonds is 6. The highest BCUT2D eigenvalue weighted by Gasteiger charge is 2.46. The molecule has 1 nitrogen and oxygen atoms in total. The third-order valence-corrected chi connectivity index (χ3v) is 13.7. The van der Waals surface area contributed by atoms with Crippen molar-refractivity contribution in [1.82, 2.24) is 0 Å². The predicted molar refractivity (Wildman–Crippen MR) is 258 cm³/mol. The van der Waals surface area contributed by atoms with Gasteiger partial charge in [-0.1, -0.05) is 194 Å². The van der Waals surface area contributed by atoms with Gasteiger partial charge in [-0.3, -0.25) is 0 Å². The molecule has 0 atom stereocenters. The first-order valence-corrected chi connectivity index (χ1v) is 21.6. The van der Waals surface area contributed by atoms with E-state index in [1.54, 1.807) is 0 Å². The highest BCUT2D eigenvalue weighted by molar-refractivity contribution is 6.15. The third-order valence-electron chi connectivity index (χ3n) is 13.7. The molecule has 0 fully saturated rings. The molecule has 3 aliphatic carbocycles. The summed E-state index contributed by atoms with van der Waals surface area (Å²) in [7, 11) is 0. The van der Waals surface area contributed by atoms with Gasteiger partial charge in [-0.2, -0.15) is 0 Å². The molecule has 0 spiro atoms. The topological polar surface area (TPSA) is 3.24 Å². The first-order valence-electron chi connectivity index (χ1n) is 21.6. The van der Waals surface area contributed by atoms with Gasteiger partial charge in [0.1, 0.15) is 0 Å². The molecule has 0 heterocycles. The summed E-state index contributed by atoms with van der Waals surface area (Å²) in [6.07, 6.45) is 0. The maximum atomic E-state index is 2.45. The lowest BCUT2D eigenvalue weighted by atomic mass is 9.67. The molecular formula is C61H39N. The molecule has 13 rings (SSSR count).